The van der Waals surface area contributed by atoms with Crippen molar-refractivity contribution in [1.82, 2.24) is 10.2 Å². The molecule has 0 spiro atoms. The van der Waals surface area contributed by atoms with Gasteiger partial charge in [-0.1, -0.05) is 0 Å². The first-order valence-corrected chi connectivity index (χ1v) is 4.23. The first-order chi connectivity index (χ1) is 7.93. The third-order valence-corrected chi connectivity index (χ3v) is 2.07. The standard InChI is InChI=1S/C9H3F5N2O/c10-5-4(2-1-3(17)16-15-2)6(11)8(13)9(14)7(5)12/h1H,(H2,15,16,17). The Bertz CT molecular complexity index is 616. The maximum atomic E-state index is 13.2. The molecule has 2 N–H and O–H groups in total. The fourth-order valence-corrected chi connectivity index (χ4v) is 1.31. The average Bonchev–Trinajstić information content (AvgIpc) is 2.71. The van der Waals surface area contributed by atoms with Crippen molar-refractivity contribution in [3.63, 3.8) is 0 Å². The van der Waals surface area contributed by atoms with E-state index in [1.807, 2.05) is 10.2 Å². The lowest BCUT2D eigenvalue weighted by Gasteiger charge is -2.05. The second kappa shape index (κ2) is 3.72. The Labute approximate surface area is 89.9 Å². The van der Waals surface area contributed by atoms with Crippen LogP contribution in [0.25, 0.3) is 11.3 Å². The smallest absolute Gasteiger partial charge is 0.264 e. The number of hydrogen-bond acceptors (Lipinski definition) is 1. The summed E-state index contributed by atoms with van der Waals surface area (Å²) in [6, 6.07) is 0.679. The maximum Gasteiger partial charge on any atom is 0.264 e. The van der Waals surface area contributed by atoms with E-state index in [2.05, 4.69) is 0 Å². The van der Waals surface area contributed by atoms with Gasteiger partial charge in [0.05, 0.1) is 11.3 Å². The minimum atomic E-state index is -2.25. The van der Waals surface area contributed by atoms with Crippen LogP contribution in [0.4, 0.5) is 22.0 Å². The molecule has 2 aromatic rings. The normalized spacial score (nSPS) is 10.9. The third-order valence-electron chi connectivity index (χ3n) is 2.07. The van der Waals surface area contributed by atoms with Gasteiger partial charge in [0.25, 0.3) is 5.56 Å². The summed E-state index contributed by atoms with van der Waals surface area (Å²) in [5.41, 5.74) is -2.47. The van der Waals surface area contributed by atoms with Gasteiger partial charge < -0.3 is 0 Å². The average molecular weight is 250 g/mol. The number of benzene rings is 1. The molecule has 0 aliphatic carbocycles. The Morgan fingerprint density at radius 1 is 0.765 bits per heavy atom. The SMILES string of the molecule is O=c1cc(-c2c(F)c(F)c(F)c(F)c2F)[nH][nH]1. The molecule has 0 saturated carbocycles. The maximum absolute atomic E-state index is 13.2. The molecule has 2 rings (SSSR count). The molecule has 0 bridgehead atoms. The minimum Gasteiger partial charge on any atom is -0.297 e. The second-order valence-electron chi connectivity index (χ2n) is 3.12. The summed E-state index contributed by atoms with van der Waals surface area (Å²) >= 11 is 0. The van der Waals surface area contributed by atoms with Crippen LogP contribution in [0.2, 0.25) is 0 Å². The first-order valence-electron chi connectivity index (χ1n) is 4.23. The van der Waals surface area contributed by atoms with Gasteiger partial charge in [0.2, 0.25) is 5.82 Å². The summed E-state index contributed by atoms with van der Waals surface area (Å²) < 4.78 is 64.9. The number of aromatic amines is 2. The largest absolute Gasteiger partial charge is 0.297 e. The first kappa shape index (κ1) is 11.4. The van der Waals surface area contributed by atoms with E-state index in [4.69, 9.17) is 0 Å². The molecule has 0 amide bonds. The molecule has 8 heteroatoms. The van der Waals surface area contributed by atoms with Crippen LogP contribution in [-0.4, -0.2) is 10.2 Å². The summed E-state index contributed by atoms with van der Waals surface area (Å²) in [7, 11) is 0. The zero-order valence-electron chi connectivity index (χ0n) is 7.88. The number of nitrogens with one attached hydrogen (secondary N) is 2. The Morgan fingerprint density at radius 3 is 1.65 bits per heavy atom. The Balaban J connectivity index is 2.83. The van der Waals surface area contributed by atoms with Gasteiger partial charge in [-0.05, 0) is 0 Å². The van der Waals surface area contributed by atoms with Gasteiger partial charge >= 0.3 is 0 Å². The van der Waals surface area contributed by atoms with Crippen molar-refractivity contribution in [3.8, 4) is 11.3 Å². The van der Waals surface area contributed by atoms with Gasteiger partial charge in [0.1, 0.15) is 0 Å². The van der Waals surface area contributed by atoms with Crippen molar-refractivity contribution in [3.05, 3.63) is 45.5 Å². The molecule has 1 aromatic carbocycles. The lowest BCUT2D eigenvalue weighted by molar-refractivity contribution is 0.381. The van der Waals surface area contributed by atoms with E-state index in [-0.39, 0.29) is 0 Å². The van der Waals surface area contributed by atoms with E-state index in [1.54, 1.807) is 0 Å². The summed E-state index contributed by atoms with van der Waals surface area (Å²) in [4.78, 5) is 10.7. The van der Waals surface area contributed by atoms with Crippen LogP contribution in [0.15, 0.2) is 10.9 Å². The molecule has 0 fully saturated rings. The number of halogens is 5. The van der Waals surface area contributed by atoms with E-state index in [9.17, 15) is 26.7 Å². The fraction of sp³-hybridized carbons (Fsp3) is 0. The van der Waals surface area contributed by atoms with Crippen LogP contribution in [0.3, 0.4) is 0 Å². The van der Waals surface area contributed by atoms with Gasteiger partial charge in [0, 0.05) is 6.07 Å². The summed E-state index contributed by atoms with van der Waals surface area (Å²) in [6.07, 6.45) is 0. The van der Waals surface area contributed by atoms with Crippen LogP contribution in [-0.2, 0) is 0 Å². The Morgan fingerprint density at radius 2 is 1.24 bits per heavy atom. The molecular weight excluding hydrogens is 247 g/mol. The summed E-state index contributed by atoms with van der Waals surface area (Å²) in [5.74, 6) is -10.4. The van der Waals surface area contributed by atoms with E-state index >= 15 is 0 Å². The Hall–Kier alpha value is -2.12. The number of H-pyrrole nitrogens is 2. The van der Waals surface area contributed by atoms with Crippen LogP contribution in [0.5, 0.6) is 0 Å². The van der Waals surface area contributed by atoms with Gasteiger partial charge in [0.15, 0.2) is 23.3 Å². The highest BCUT2D eigenvalue weighted by atomic mass is 19.2. The van der Waals surface area contributed by atoms with Gasteiger partial charge in [-0.25, -0.2) is 22.0 Å². The lowest BCUT2D eigenvalue weighted by atomic mass is 10.1. The summed E-state index contributed by atoms with van der Waals surface area (Å²) in [6.45, 7) is 0. The monoisotopic (exact) mass is 250 g/mol. The molecule has 0 aliphatic heterocycles. The number of aromatic nitrogens is 2. The summed E-state index contributed by atoms with van der Waals surface area (Å²) in [5, 5.41) is 3.93. The molecule has 90 valence electrons. The van der Waals surface area contributed by atoms with Crippen molar-refractivity contribution in [2.45, 2.75) is 0 Å². The number of hydrogen-bond donors (Lipinski definition) is 2. The van der Waals surface area contributed by atoms with Gasteiger partial charge in [-0.2, -0.15) is 0 Å². The van der Waals surface area contributed by atoms with E-state index < -0.39 is 45.9 Å². The number of rotatable bonds is 1. The van der Waals surface area contributed by atoms with Crippen LogP contribution >= 0.6 is 0 Å². The molecule has 1 aromatic heterocycles. The zero-order valence-corrected chi connectivity index (χ0v) is 7.88. The van der Waals surface area contributed by atoms with Crippen molar-refractivity contribution >= 4 is 0 Å². The Kier molecular flexibility index (Phi) is 2.49. The van der Waals surface area contributed by atoms with E-state index in [0.717, 1.165) is 0 Å². The van der Waals surface area contributed by atoms with Crippen molar-refractivity contribution in [1.29, 1.82) is 0 Å². The van der Waals surface area contributed by atoms with Crippen molar-refractivity contribution in [2.24, 2.45) is 0 Å². The highest BCUT2D eigenvalue weighted by Crippen LogP contribution is 2.29. The highest BCUT2D eigenvalue weighted by Gasteiger charge is 2.27. The molecule has 0 saturated heterocycles. The zero-order chi connectivity index (χ0) is 12.7. The predicted octanol–water partition coefficient (Wildman–Crippen LogP) is 2.07. The third kappa shape index (κ3) is 1.61. The second-order valence-corrected chi connectivity index (χ2v) is 3.12. The molecule has 3 nitrogen and oxygen atoms in total. The van der Waals surface area contributed by atoms with Gasteiger partial charge in [-0.3, -0.25) is 15.0 Å². The molecular formula is C9H3F5N2O. The quantitative estimate of drug-likeness (QED) is 0.454. The molecule has 0 atom stereocenters. The highest BCUT2D eigenvalue weighted by molar-refractivity contribution is 5.60. The topological polar surface area (TPSA) is 48.6 Å². The van der Waals surface area contributed by atoms with Crippen molar-refractivity contribution in [2.75, 3.05) is 0 Å². The predicted molar refractivity (Wildman–Crippen MR) is 46.6 cm³/mol. The van der Waals surface area contributed by atoms with Crippen molar-refractivity contribution < 1.29 is 22.0 Å². The van der Waals surface area contributed by atoms with Gasteiger partial charge in [-0.15, -0.1) is 0 Å². The van der Waals surface area contributed by atoms with E-state index in [1.165, 1.54) is 0 Å². The molecule has 1 heterocycles. The van der Waals surface area contributed by atoms with Crippen LogP contribution in [0.1, 0.15) is 0 Å². The molecule has 0 aliphatic rings. The lowest BCUT2D eigenvalue weighted by Crippen LogP contribution is -2.04. The molecule has 0 unspecified atom stereocenters. The fourth-order valence-electron chi connectivity index (χ4n) is 1.31. The van der Waals surface area contributed by atoms with Crippen LogP contribution < -0.4 is 5.56 Å². The van der Waals surface area contributed by atoms with E-state index in [0.29, 0.717) is 6.07 Å². The minimum absolute atomic E-state index is 0.525. The molecule has 17 heavy (non-hydrogen) atoms. The molecule has 0 radical (unpaired) electrons. The van der Waals surface area contributed by atoms with Crippen LogP contribution in [0, 0.1) is 29.1 Å².